The van der Waals surface area contributed by atoms with Gasteiger partial charge in [-0.2, -0.15) is 0 Å². The summed E-state index contributed by atoms with van der Waals surface area (Å²) in [5, 5.41) is 13.1. The smallest absolute Gasteiger partial charge is 0.0897 e. The van der Waals surface area contributed by atoms with Crippen LogP contribution in [0.4, 0.5) is 0 Å². The molecule has 5 heteroatoms. The number of hydrogen-bond acceptors (Lipinski definition) is 5. The Morgan fingerprint density at radius 3 is 2.95 bits per heavy atom. The van der Waals surface area contributed by atoms with Gasteiger partial charge in [-0.25, -0.2) is 0 Å². The lowest BCUT2D eigenvalue weighted by molar-refractivity contribution is -0.0273. The lowest BCUT2D eigenvalue weighted by Gasteiger charge is -2.36. The average Bonchev–Trinajstić information content (AvgIpc) is 2.85. The molecule has 1 aliphatic heterocycles. The minimum atomic E-state index is -0.437. The van der Waals surface area contributed by atoms with Gasteiger partial charge in [0, 0.05) is 25.8 Å². The van der Waals surface area contributed by atoms with Crippen LogP contribution in [0.5, 0.6) is 0 Å². The van der Waals surface area contributed by atoms with Crippen LogP contribution in [-0.4, -0.2) is 62.4 Å². The summed E-state index contributed by atoms with van der Waals surface area (Å²) in [4.78, 5) is 0. The first-order valence-electron chi connectivity index (χ1n) is 7.50. The van der Waals surface area contributed by atoms with Crippen LogP contribution in [0.25, 0.3) is 0 Å². The summed E-state index contributed by atoms with van der Waals surface area (Å²) in [5.74, 6) is 0. The monoisotopic (exact) mass is 273 g/mol. The quantitative estimate of drug-likeness (QED) is 0.647. The van der Waals surface area contributed by atoms with E-state index in [1.807, 2.05) is 6.92 Å². The highest BCUT2D eigenvalue weighted by atomic mass is 16.5. The second-order valence-electron chi connectivity index (χ2n) is 5.48. The molecule has 1 heterocycles. The van der Waals surface area contributed by atoms with Gasteiger partial charge in [0.2, 0.25) is 0 Å². The van der Waals surface area contributed by atoms with Crippen molar-refractivity contribution in [3.63, 3.8) is 0 Å². The minimum absolute atomic E-state index is 0.235. The second-order valence-corrected chi connectivity index (χ2v) is 5.48. The van der Waals surface area contributed by atoms with Gasteiger partial charge in [-0.3, -0.25) is 0 Å². The lowest BCUT2D eigenvalue weighted by Crippen LogP contribution is -2.48. The summed E-state index contributed by atoms with van der Waals surface area (Å²) >= 11 is 0. The van der Waals surface area contributed by atoms with Crippen LogP contribution in [0.1, 0.15) is 32.6 Å². The maximum absolute atomic E-state index is 9.80. The Morgan fingerprint density at radius 1 is 1.42 bits per heavy atom. The number of aliphatic hydroxyl groups is 1. The molecule has 5 nitrogen and oxygen atoms in total. The van der Waals surface area contributed by atoms with E-state index in [4.69, 9.17) is 14.2 Å². The van der Waals surface area contributed by atoms with Crippen molar-refractivity contribution in [2.24, 2.45) is 0 Å². The fourth-order valence-corrected chi connectivity index (χ4v) is 2.58. The number of ether oxygens (including phenoxy) is 3. The third kappa shape index (κ3) is 5.36. The van der Waals surface area contributed by atoms with Crippen LogP contribution < -0.4 is 5.32 Å². The second kappa shape index (κ2) is 8.17. The molecule has 2 unspecified atom stereocenters. The van der Waals surface area contributed by atoms with Crippen molar-refractivity contribution in [1.29, 1.82) is 0 Å². The third-order valence-corrected chi connectivity index (χ3v) is 3.78. The Hall–Kier alpha value is -0.200. The molecule has 1 saturated carbocycles. The summed E-state index contributed by atoms with van der Waals surface area (Å²) < 4.78 is 16.4. The first-order valence-corrected chi connectivity index (χ1v) is 7.50. The molecule has 2 atom stereocenters. The fourth-order valence-electron chi connectivity index (χ4n) is 2.58. The van der Waals surface area contributed by atoms with Crippen molar-refractivity contribution in [2.75, 3.05) is 33.0 Å². The zero-order chi connectivity index (χ0) is 13.5. The van der Waals surface area contributed by atoms with Crippen LogP contribution in [0.3, 0.4) is 0 Å². The number of hydrogen-bond donors (Lipinski definition) is 2. The molecule has 0 aromatic heterocycles. The molecular formula is C14H27NO4. The maximum atomic E-state index is 9.80. The molecule has 1 aliphatic carbocycles. The number of aliphatic hydroxyl groups excluding tert-OH is 1. The van der Waals surface area contributed by atoms with E-state index in [2.05, 4.69) is 5.32 Å². The highest BCUT2D eigenvalue weighted by Gasteiger charge is 2.29. The molecule has 19 heavy (non-hydrogen) atoms. The van der Waals surface area contributed by atoms with Gasteiger partial charge in [0.05, 0.1) is 31.5 Å². The zero-order valence-corrected chi connectivity index (χ0v) is 11.8. The molecule has 0 bridgehead atoms. The van der Waals surface area contributed by atoms with Gasteiger partial charge in [0.15, 0.2) is 0 Å². The van der Waals surface area contributed by atoms with Gasteiger partial charge in [-0.05, 0) is 32.6 Å². The van der Waals surface area contributed by atoms with Gasteiger partial charge in [-0.1, -0.05) is 0 Å². The SMILES string of the molecule is CCOC1CC(NCC(O)COCC2CCCO2)C1. The standard InChI is InChI=1S/C14H27NO4/c1-2-18-14-6-11(7-14)15-8-12(16)9-17-10-13-4-3-5-19-13/h11-16H,2-10H2,1H3. The van der Waals surface area contributed by atoms with Crippen molar-refractivity contribution >= 4 is 0 Å². The summed E-state index contributed by atoms with van der Waals surface area (Å²) in [7, 11) is 0. The van der Waals surface area contributed by atoms with Crippen LogP contribution >= 0.6 is 0 Å². The molecular weight excluding hydrogens is 246 g/mol. The van der Waals surface area contributed by atoms with Gasteiger partial charge in [0.1, 0.15) is 0 Å². The molecule has 0 aromatic carbocycles. The predicted molar refractivity (Wildman–Crippen MR) is 72.2 cm³/mol. The Kier molecular flexibility index (Phi) is 6.53. The summed E-state index contributed by atoms with van der Waals surface area (Å²) in [5.41, 5.74) is 0. The highest BCUT2D eigenvalue weighted by Crippen LogP contribution is 2.22. The fraction of sp³-hybridized carbons (Fsp3) is 1.00. The normalized spacial score (nSPS) is 32.2. The van der Waals surface area contributed by atoms with E-state index >= 15 is 0 Å². The van der Waals surface area contributed by atoms with E-state index in [1.165, 1.54) is 0 Å². The maximum Gasteiger partial charge on any atom is 0.0897 e. The number of rotatable bonds is 9. The van der Waals surface area contributed by atoms with Crippen molar-refractivity contribution in [3.05, 3.63) is 0 Å². The molecule has 112 valence electrons. The van der Waals surface area contributed by atoms with Crippen molar-refractivity contribution in [3.8, 4) is 0 Å². The van der Waals surface area contributed by atoms with Crippen molar-refractivity contribution in [1.82, 2.24) is 5.32 Å². The first kappa shape index (κ1) is 15.2. The Balaban J connectivity index is 1.43. The van der Waals surface area contributed by atoms with Gasteiger partial charge in [-0.15, -0.1) is 0 Å². The van der Waals surface area contributed by atoms with Crippen LogP contribution in [0.15, 0.2) is 0 Å². The third-order valence-electron chi connectivity index (χ3n) is 3.78. The van der Waals surface area contributed by atoms with Crippen molar-refractivity contribution in [2.45, 2.75) is 57.0 Å². The van der Waals surface area contributed by atoms with E-state index in [-0.39, 0.29) is 6.10 Å². The average molecular weight is 273 g/mol. The first-order chi connectivity index (χ1) is 9.28. The molecule has 2 rings (SSSR count). The molecule has 1 saturated heterocycles. The summed E-state index contributed by atoms with van der Waals surface area (Å²) in [6.07, 6.45) is 4.52. The minimum Gasteiger partial charge on any atom is -0.389 e. The summed E-state index contributed by atoms with van der Waals surface area (Å²) in [6.45, 7) is 5.24. The topological polar surface area (TPSA) is 60.0 Å². The molecule has 2 aliphatic rings. The van der Waals surface area contributed by atoms with E-state index in [1.54, 1.807) is 0 Å². The Bertz CT molecular complexity index is 240. The molecule has 2 N–H and O–H groups in total. The molecule has 0 spiro atoms. The molecule has 2 fully saturated rings. The van der Waals surface area contributed by atoms with Crippen molar-refractivity contribution < 1.29 is 19.3 Å². The predicted octanol–water partition coefficient (Wildman–Crippen LogP) is 0.700. The van der Waals surface area contributed by atoms with E-state index < -0.39 is 6.10 Å². The lowest BCUT2D eigenvalue weighted by atomic mass is 9.89. The van der Waals surface area contributed by atoms with Crippen LogP contribution in [0, 0.1) is 0 Å². The summed E-state index contributed by atoms with van der Waals surface area (Å²) in [6, 6.07) is 0.490. The number of nitrogens with one attached hydrogen (secondary N) is 1. The van der Waals surface area contributed by atoms with E-state index in [9.17, 15) is 5.11 Å². The Morgan fingerprint density at radius 2 is 2.26 bits per heavy atom. The zero-order valence-electron chi connectivity index (χ0n) is 11.8. The van der Waals surface area contributed by atoms with E-state index in [0.717, 1.165) is 38.9 Å². The van der Waals surface area contributed by atoms with Crippen LogP contribution in [0.2, 0.25) is 0 Å². The molecule has 0 amide bonds. The Labute approximate surface area is 115 Å². The van der Waals surface area contributed by atoms with Gasteiger partial charge in [0.25, 0.3) is 0 Å². The van der Waals surface area contributed by atoms with Gasteiger partial charge >= 0.3 is 0 Å². The molecule has 0 radical (unpaired) electrons. The molecule has 0 aromatic rings. The van der Waals surface area contributed by atoms with E-state index in [0.29, 0.717) is 31.9 Å². The largest absolute Gasteiger partial charge is 0.389 e. The highest BCUT2D eigenvalue weighted by molar-refractivity contribution is 4.86. The van der Waals surface area contributed by atoms with Gasteiger partial charge < -0.3 is 24.6 Å². The van der Waals surface area contributed by atoms with Crippen LogP contribution in [-0.2, 0) is 14.2 Å².